The van der Waals surface area contributed by atoms with Gasteiger partial charge in [0.15, 0.2) is 11.1 Å². The number of rotatable bonds is 1. The molecule has 1 unspecified atom stereocenters. The molecule has 2 aliphatic rings. The van der Waals surface area contributed by atoms with Crippen LogP contribution in [0.1, 0.15) is 64.0 Å². The van der Waals surface area contributed by atoms with Crippen LogP contribution in [0.25, 0.3) is 4.91 Å². The molecule has 0 amide bonds. The van der Waals surface area contributed by atoms with E-state index in [0.717, 1.165) is 5.56 Å². The van der Waals surface area contributed by atoms with Gasteiger partial charge in [-0.15, -0.1) is 12.1 Å². The van der Waals surface area contributed by atoms with Crippen LogP contribution in [0.15, 0.2) is 24.3 Å². The molecule has 0 N–H and O–H groups in total. The number of hydrogen-bond donors (Lipinski definition) is 0. The molecular weight excluding hydrogens is 392 g/mol. The van der Waals surface area contributed by atoms with E-state index in [4.69, 9.17) is 13.5 Å². The van der Waals surface area contributed by atoms with Crippen LogP contribution in [-0.2, 0) is 47.1 Å². The maximum Gasteiger partial charge on any atom is 2.00 e. The van der Waals surface area contributed by atoms with Gasteiger partial charge in [0.1, 0.15) is 0 Å². The summed E-state index contributed by atoms with van der Waals surface area (Å²) in [5, 5.41) is 0. The second-order valence-electron chi connectivity index (χ2n) is 6.60. The van der Waals surface area contributed by atoms with Gasteiger partial charge in [-0.1, -0.05) is 69.9 Å². The Hall–Kier alpha value is -0.931. The van der Waals surface area contributed by atoms with Crippen molar-refractivity contribution >= 4 is 16.0 Å². The van der Waals surface area contributed by atoms with Gasteiger partial charge in [-0.25, -0.2) is 10.3 Å². The van der Waals surface area contributed by atoms with Crippen molar-refractivity contribution in [3.63, 3.8) is 0 Å². The second-order valence-corrected chi connectivity index (χ2v) is 7.71. The van der Waals surface area contributed by atoms with E-state index < -0.39 is 11.1 Å². The molecule has 0 bridgehead atoms. The van der Waals surface area contributed by atoms with Gasteiger partial charge >= 0.3 is 39.7 Å². The molecule has 0 spiro atoms. The molecule has 1 saturated carbocycles. The average Bonchev–Trinajstić information content (AvgIpc) is 3.33. The first kappa shape index (κ1) is 27.3. The molecule has 1 aliphatic carbocycles. The van der Waals surface area contributed by atoms with Crippen molar-refractivity contribution in [2.24, 2.45) is 0 Å². The van der Waals surface area contributed by atoms with E-state index in [-0.39, 0.29) is 22.5 Å². The van der Waals surface area contributed by atoms with Crippen molar-refractivity contribution < 1.29 is 34.8 Å². The minimum Gasteiger partial charge on any atom is 2.00 e. The zero-order valence-electron chi connectivity index (χ0n) is 15.4. The van der Waals surface area contributed by atoms with E-state index in [1.54, 1.807) is 0 Å². The summed E-state index contributed by atoms with van der Waals surface area (Å²) in [7, 11) is 0. The summed E-state index contributed by atoms with van der Waals surface area (Å²) in [5.74, 6) is 0. The van der Waals surface area contributed by atoms with Crippen LogP contribution >= 0.6 is 0 Å². The fourth-order valence-electron chi connectivity index (χ4n) is 2.47. The first-order valence-corrected chi connectivity index (χ1v) is 9.23. The minimum absolute atomic E-state index is 0. The zero-order chi connectivity index (χ0) is 19.3. The van der Waals surface area contributed by atoms with E-state index in [9.17, 15) is 4.21 Å². The average molecular weight is 417 g/mol. The van der Waals surface area contributed by atoms with Crippen LogP contribution in [0.4, 0.5) is 0 Å². The summed E-state index contributed by atoms with van der Waals surface area (Å²) in [4.78, 5) is 0.667. The third-order valence-electron chi connectivity index (χ3n) is 3.83. The first-order valence-electron chi connectivity index (χ1n) is 8.16. The normalized spacial score (nSPS) is 17.7. The van der Waals surface area contributed by atoms with E-state index in [1.165, 1.54) is 37.7 Å². The van der Waals surface area contributed by atoms with Crippen molar-refractivity contribution in [3.05, 3.63) is 54.8 Å². The Morgan fingerprint density at radius 2 is 1.38 bits per heavy atom. The molecule has 26 heavy (non-hydrogen) atoms. The van der Waals surface area contributed by atoms with Gasteiger partial charge in [-0.3, -0.25) is 0 Å². The number of hydrogen-bond acceptors (Lipinski definition) is 2. The van der Waals surface area contributed by atoms with Gasteiger partial charge in [0.2, 0.25) is 0 Å². The second kappa shape index (κ2) is 15.2. The summed E-state index contributed by atoms with van der Waals surface area (Å²) in [6, 6.07) is 8.10. The largest absolute Gasteiger partial charge is 2.00 e. The summed E-state index contributed by atoms with van der Waals surface area (Å²) >= 11 is -1.33. The molecule has 1 heterocycles. The molecule has 1 aromatic rings. The monoisotopic (exact) mass is 417 g/mol. The van der Waals surface area contributed by atoms with Crippen LogP contribution in [0.5, 0.6) is 0 Å². The van der Waals surface area contributed by atoms with Crippen molar-refractivity contribution in [2.45, 2.75) is 58.3 Å². The van der Waals surface area contributed by atoms with Gasteiger partial charge in [0, 0.05) is 6.61 Å². The van der Waals surface area contributed by atoms with Crippen LogP contribution in [0, 0.1) is 19.4 Å². The van der Waals surface area contributed by atoms with Gasteiger partial charge in [0.25, 0.3) is 0 Å². The molecule has 0 saturated heterocycles. The van der Waals surface area contributed by atoms with Gasteiger partial charge in [-0.2, -0.15) is 5.56 Å². The van der Waals surface area contributed by atoms with Crippen molar-refractivity contribution in [1.82, 2.24) is 0 Å². The maximum absolute atomic E-state index is 11.4. The standard InChI is InChI=1S/C13H15O2S.C5H10.2CO.Fe/c1-13(2,3)11-6-4-10(5-7-11)12-8-9-15-16(12)14;1-2-4-5-3-1;2*1-2;/h4-7H,9H2,1-3H3;1-5H2;;;/q-1;;;;+2. The molecule has 1 aromatic carbocycles. The van der Waals surface area contributed by atoms with Gasteiger partial charge in [0.05, 0.1) is 0 Å². The summed E-state index contributed by atoms with van der Waals surface area (Å²) in [5.41, 5.74) is 2.34. The van der Waals surface area contributed by atoms with Crippen LogP contribution < -0.4 is 0 Å². The predicted molar refractivity (Wildman–Crippen MR) is 96.8 cm³/mol. The molecule has 1 aliphatic heterocycles. The van der Waals surface area contributed by atoms with E-state index in [2.05, 4.69) is 52.3 Å². The molecular formula is C20H25FeO4S+. The Kier molecular flexibility index (Phi) is 15.9. The smallest absolute Gasteiger partial charge is 2.00 e. The third-order valence-corrected chi connectivity index (χ3v) is 4.87. The van der Waals surface area contributed by atoms with Gasteiger partial charge < -0.3 is 4.18 Å². The fraction of sp³-hybridized carbons (Fsp3) is 0.500. The molecule has 1 fully saturated rings. The Bertz CT molecular complexity index is 580. The quantitative estimate of drug-likeness (QED) is 0.378. The molecule has 3 rings (SSSR count). The molecule has 6 heteroatoms. The van der Waals surface area contributed by atoms with E-state index in [0.29, 0.717) is 11.5 Å². The minimum atomic E-state index is -1.33. The van der Waals surface area contributed by atoms with Crippen LogP contribution in [0.2, 0.25) is 0 Å². The summed E-state index contributed by atoms with van der Waals surface area (Å²) in [6.45, 7) is 15.8. The van der Waals surface area contributed by atoms with E-state index >= 15 is 0 Å². The molecule has 142 valence electrons. The van der Waals surface area contributed by atoms with Crippen molar-refractivity contribution in [1.29, 1.82) is 0 Å². The zero-order valence-corrected chi connectivity index (χ0v) is 17.4. The van der Waals surface area contributed by atoms with Crippen LogP contribution in [-0.4, -0.2) is 10.8 Å². The topological polar surface area (TPSA) is 66.1 Å². The first-order chi connectivity index (χ1) is 12.0. The molecule has 0 aromatic heterocycles. The maximum atomic E-state index is 11.4. The Morgan fingerprint density at radius 3 is 1.69 bits per heavy atom. The Balaban J connectivity index is 0. The summed E-state index contributed by atoms with van der Waals surface area (Å²) < 4.78 is 31.4. The van der Waals surface area contributed by atoms with Gasteiger partial charge in [-0.05, 0) is 11.0 Å². The SMILES string of the molecule is C1CCCC1.CC(C)(C)c1ccc(C2=[C-]COS2=O)cc1.[C-]#[O+].[C-]#[O+].[Fe+2]. The Morgan fingerprint density at radius 1 is 0.962 bits per heavy atom. The van der Waals surface area contributed by atoms with Crippen molar-refractivity contribution in [3.8, 4) is 0 Å². The number of benzene rings is 1. The van der Waals surface area contributed by atoms with Crippen molar-refractivity contribution in [2.75, 3.05) is 6.61 Å². The molecule has 0 radical (unpaired) electrons. The fourth-order valence-corrected chi connectivity index (χ4v) is 3.26. The molecule has 4 nitrogen and oxygen atoms in total. The third kappa shape index (κ3) is 9.68. The van der Waals surface area contributed by atoms with E-state index in [1.807, 2.05) is 12.1 Å². The Labute approximate surface area is 170 Å². The molecule has 1 atom stereocenters. The predicted octanol–water partition coefficient (Wildman–Crippen LogP) is 4.70. The van der Waals surface area contributed by atoms with Crippen LogP contribution in [0.3, 0.4) is 0 Å². The summed E-state index contributed by atoms with van der Waals surface area (Å²) in [6.07, 6.45) is 10.5.